The molecule has 2 N–H and O–H groups in total. The maximum Gasteiger partial charge on any atom is 0.270 e. The Hall–Kier alpha value is -5.95. The molecule has 3 aromatic heterocycles. The van der Waals surface area contributed by atoms with E-state index in [1.165, 1.54) is 48.9 Å². The second kappa shape index (κ2) is 11.1. The van der Waals surface area contributed by atoms with Crippen molar-refractivity contribution in [1.29, 1.82) is 0 Å². The Morgan fingerprint density at radius 2 is 1.63 bits per heavy atom. The second-order valence-electron chi connectivity index (χ2n) is 9.32. The van der Waals surface area contributed by atoms with Gasteiger partial charge in [0.2, 0.25) is 0 Å². The molecule has 0 aliphatic heterocycles. The van der Waals surface area contributed by atoms with Crippen molar-refractivity contribution in [2.24, 2.45) is 0 Å². The van der Waals surface area contributed by atoms with Crippen molar-refractivity contribution in [1.82, 2.24) is 18.9 Å². The maximum atomic E-state index is 13.1. The van der Waals surface area contributed by atoms with E-state index >= 15 is 0 Å². The van der Waals surface area contributed by atoms with Crippen LogP contribution in [0.4, 0.5) is 22.9 Å². The molecule has 0 radical (unpaired) electrons. The largest absolute Gasteiger partial charge is 0.340 e. The number of fused-ring (bicyclic) bond motifs is 1. The number of aromatic nitrogens is 4. The average molecular weight is 592 g/mol. The van der Waals surface area contributed by atoms with E-state index in [-0.39, 0.29) is 16.1 Å². The zero-order chi connectivity index (χ0) is 30.0. The Bertz CT molecular complexity index is 2110. The van der Waals surface area contributed by atoms with Crippen molar-refractivity contribution >= 4 is 49.8 Å². The molecule has 1 amide bonds. The molecule has 0 saturated carbocycles. The number of pyridine rings is 1. The van der Waals surface area contributed by atoms with Crippen LogP contribution >= 0.6 is 0 Å². The first-order valence-electron chi connectivity index (χ1n) is 12.8. The highest BCUT2D eigenvalue weighted by Gasteiger charge is 2.20. The van der Waals surface area contributed by atoms with Crippen molar-refractivity contribution in [2.75, 3.05) is 10.6 Å². The Balaban J connectivity index is 1.21. The molecular formula is C30H21N7O5S. The monoisotopic (exact) mass is 591 g/mol. The van der Waals surface area contributed by atoms with Crippen molar-refractivity contribution in [3.8, 4) is 11.3 Å². The topological polar surface area (TPSA) is 162 Å². The minimum atomic E-state index is -3.81. The fraction of sp³-hybridized carbons (Fsp3) is 0. The Labute approximate surface area is 244 Å². The summed E-state index contributed by atoms with van der Waals surface area (Å²) in [5.41, 5.74) is 2.59. The third kappa shape index (κ3) is 5.64. The van der Waals surface area contributed by atoms with E-state index in [1.54, 1.807) is 66.9 Å². The zero-order valence-electron chi connectivity index (χ0n) is 22.2. The van der Waals surface area contributed by atoms with Crippen LogP contribution in [0.15, 0.2) is 121 Å². The first-order chi connectivity index (χ1) is 20.8. The van der Waals surface area contributed by atoms with Crippen molar-refractivity contribution in [2.45, 2.75) is 4.90 Å². The first kappa shape index (κ1) is 27.2. The molecule has 0 spiro atoms. The zero-order valence-corrected chi connectivity index (χ0v) is 23.0. The van der Waals surface area contributed by atoms with Gasteiger partial charge in [0, 0.05) is 58.5 Å². The molecule has 6 aromatic rings. The number of carbonyl (C=O) groups excluding carboxylic acids is 1. The first-order valence-corrected chi connectivity index (χ1v) is 14.2. The Morgan fingerprint density at radius 3 is 2.44 bits per heavy atom. The molecular weight excluding hydrogens is 570 g/mol. The number of nitro groups is 1. The predicted molar refractivity (Wildman–Crippen MR) is 161 cm³/mol. The SMILES string of the molecule is O=C(Nc1cccc(Nc2cc(-c3cnc4c(ccn4S(=O)(=O)c4ccccc4)c3)ncn2)c1)c1cccc([N+](=O)[O-])c1. The van der Waals surface area contributed by atoms with Gasteiger partial charge in [-0.2, -0.15) is 0 Å². The number of carbonyl (C=O) groups is 1. The van der Waals surface area contributed by atoms with E-state index in [0.29, 0.717) is 39.5 Å². The summed E-state index contributed by atoms with van der Waals surface area (Å²) < 4.78 is 27.4. The predicted octanol–water partition coefficient (Wildman–Crippen LogP) is 5.63. The van der Waals surface area contributed by atoms with E-state index in [9.17, 15) is 23.3 Å². The molecule has 0 saturated heterocycles. The highest BCUT2D eigenvalue weighted by Crippen LogP contribution is 2.27. The van der Waals surface area contributed by atoms with Gasteiger partial charge in [-0.25, -0.2) is 27.3 Å². The third-order valence-electron chi connectivity index (χ3n) is 6.47. The van der Waals surface area contributed by atoms with Gasteiger partial charge in [0.15, 0.2) is 5.65 Å². The number of hydrogen-bond acceptors (Lipinski definition) is 9. The van der Waals surface area contributed by atoms with Gasteiger partial charge in [-0.1, -0.05) is 30.3 Å². The number of rotatable bonds is 8. The number of nitrogens with zero attached hydrogens (tertiary/aromatic N) is 5. The van der Waals surface area contributed by atoms with Gasteiger partial charge in [-0.05, 0) is 48.5 Å². The summed E-state index contributed by atoms with van der Waals surface area (Å²) >= 11 is 0. The number of benzene rings is 3. The molecule has 0 unspecified atom stereocenters. The summed E-state index contributed by atoms with van der Waals surface area (Å²) in [6.07, 6.45) is 4.41. The molecule has 43 heavy (non-hydrogen) atoms. The standard InChI is InChI=1S/C30H21N7O5S/c38-30(21-6-4-9-25(15-21)37(39)40)35-24-8-5-7-23(16-24)34-28-17-27(32-19-33-28)22-14-20-12-13-36(29(20)31-18-22)43(41,42)26-10-2-1-3-11-26/h1-19H,(H,35,38)(H,32,33,34). The van der Waals surface area contributed by atoms with Gasteiger partial charge < -0.3 is 10.6 Å². The van der Waals surface area contributed by atoms with E-state index in [2.05, 4.69) is 25.6 Å². The van der Waals surface area contributed by atoms with Crippen molar-refractivity contribution in [3.05, 3.63) is 131 Å². The highest BCUT2D eigenvalue weighted by molar-refractivity contribution is 7.90. The second-order valence-corrected chi connectivity index (χ2v) is 11.1. The Morgan fingerprint density at radius 1 is 0.837 bits per heavy atom. The summed E-state index contributed by atoms with van der Waals surface area (Å²) in [4.78, 5) is 36.4. The van der Waals surface area contributed by atoms with Crippen LogP contribution in [0.2, 0.25) is 0 Å². The molecule has 0 fully saturated rings. The smallest absolute Gasteiger partial charge is 0.270 e. The molecule has 0 aliphatic carbocycles. The van der Waals surface area contributed by atoms with Crippen LogP contribution in [0.3, 0.4) is 0 Å². The van der Waals surface area contributed by atoms with Gasteiger partial charge in [-0.15, -0.1) is 0 Å². The molecule has 12 nitrogen and oxygen atoms in total. The lowest BCUT2D eigenvalue weighted by molar-refractivity contribution is -0.384. The van der Waals surface area contributed by atoms with E-state index < -0.39 is 20.9 Å². The van der Waals surface area contributed by atoms with Gasteiger partial charge >= 0.3 is 0 Å². The molecule has 13 heteroatoms. The van der Waals surface area contributed by atoms with Crippen molar-refractivity contribution < 1.29 is 18.1 Å². The van der Waals surface area contributed by atoms with Gasteiger partial charge in [-0.3, -0.25) is 14.9 Å². The number of anilines is 3. The summed E-state index contributed by atoms with van der Waals surface area (Å²) in [5, 5.41) is 17.6. The molecule has 3 aromatic carbocycles. The minimum Gasteiger partial charge on any atom is -0.340 e. The van der Waals surface area contributed by atoms with Crippen LogP contribution in [0.5, 0.6) is 0 Å². The third-order valence-corrected chi connectivity index (χ3v) is 8.15. The Kier molecular flexibility index (Phi) is 7.06. The number of nitro benzene ring substituents is 1. The van der Waals surface area contributed by atoms with Gasteiger partial charge in [0.25, 0.3) is 21.6 Å². The van der Waals surface area contributed by atoms with Crippen LogP contribution in [0.25, 0.3) is 22.3 Å². The summed E-state index contributed by atoms with van der Waals surface area (Å²) in [5.74, 6) is -0.0186. The summed E-state index contributed by atoms with van der Waals surface area (Å²) in [7, 11) is -3.81. The molecule has 0 bridgehead atoms. The lowest BCUT2D eigenvalue weighted by Crippen LogP contribution is -2.12. The molecule has 212 valence electrons. The highest BCUT2D eigenvalue weighted by atomic mass is 32.2. The van der Waals surface area contributed by atoms with Crippen LogP contribution in [0.1, 0.15) is 10.4 Å². The fourth-order valence-corrected chi connectivity index (χ4v) is 5.74. The maximum absolute atomic E-state index is 13.1. The lowest BCUT2D eigenvalue weighted by Gasteiger charge is -2.10. The van der Waals surface area contributed by atoms with Crippen LogP contribution < -0.4 is 10.6 Å². The number of hydrogen-bond donors (Lipinski definition) is 2. The normalized spacial score (nSPS) is 11.3. The number of amides is 1. The molecule has 0 atom stereocenters. The summed E-state index contributed by atoms with van der Waals surface area (Å²) in [6, 6.07) is 25.7. The molecule has 6 rings (SSSR count). The van der Waals surface area contributed by atoms with Gasteiger partial charge in [0.1, 0.15) is 12.1 Å². The van der Waals surface area contributed by atoms with Crippen LogP contribution in [-0.4, -0.2) is 38.2 Å². The van der Waals surface area contributed by atoms with E-state index in [4.69, 9.17) is 0 Å². The fourth-order valence-electron chi connectivity index (χ4n) is 4.41. The van der Waals surface area contributed by atoms with Crippen LogP contribution in [0, 0.1) is 10.1 Å². The van der Waals surface area contributed by atoms with Gasteiger partial charge in [0.05, 0.1) is 15.5 Å². The quantitative estimate of drug-likeness (QED) is 0.169. The number of non-ortho nitro benzene ring substituents is 1. The lowest BCUT2D eigenvalue weighted by atomic mass is 10.1. The van der Waals surface area contributed by atoms with E-state index in [1.807, 2.05) is 0 Å². The molecule has 3 heterocycles. The van der Waals surface area contributed by atoms with E-state index in [0.717, 1.165) is 3.97 Å². The average Bonchev–Trinajstić information content (AvgIpc) is 3.46. The molecule has 0 aliphatic rings. The van der Waals surface area contributed by atoms with Crippen LogP contribution in [-0.2, 0) is 10.0 Å². The number of nitrogens with one attached hydrogen (secondary N) is 2. The minimum absolute atomic E-state index is 0.159. The summed E-state index contributed by atoms with van der Waals surface area (Å²) in [6.45, 7) is 0. The van der Waals surface area contributed by atoms with Crippen molar-refractivity contribution in [3.63, 3.8) is 0 Å².